The molecule has 1 heterocycles. The highest BCUT2D eigenvalue weighted by molar-refractivity contribution is 5.62. The van der Waals surface area contributed by atoms with E-state index < -0.39 is 0 Å². The van der Waals surface area contributed by atoms with Gasteiger partial charge in [0.2, 0.25) is 0 Å². The molecule has 2 aromatic carbocycles. The molecule has 2 aromatic rings. The molecule has 1 atom stereocenters. The van der Waals surface area contributed by atoms with E-state index in [1.54, 1.807) is 0 Å². The van der Waals surface area contributed by atoms with Crippen LogP contribution in [0.3, 0.4) is 0 Å². The molecule has 1 aliphatic rings. The molecule has 0 fully saturated rings. The lowest BCUT2D eigenvalue weighted by molar-refractivity contribution is 0.677. The molecule has 0 bridgehead atoms. The summed E-state index contributed by atoms with van der Waals surface area (Å²) >= 11 is 0. The first kappa shape index (κ1) is 18.6. The number of unbranched alkanes of at least 4 members (excludes halogenated alkanes) is 1. The molecular formula is C23H33N. The van der Waals surface area contributed by atoms with Gasteiger partial charge in [0.1, 0.15) is 0 Å². The third-order valence-electron chi connectivity index (χ3n) is 4.77. The number of fused-ring (bicyclic) bond motifs is 1. The molecular weight excluding hydrogens is 290 g/mol. The number of hydrogen-bond donors (Lipinski definition) is 1. The van der Waals surface area contributed by atoms with Crippen LogP contribution in [0.25, 0.3) is 0 Å². The van der Waals surface area contributed by atoms with E-state index in [9.17, 15) is 0 Å². The lowest BCUT2D eigenvalue weighted by Crippen LogP contribution is -2.17. The summed E-state index contributed by atoms with van der Waals surface area (Å²) in [5.74, 6) is 0.673. The fraction of sp³-hybridized carbons (Fsp3) is 0.478. The van der Waals surface area contributed by atoms with E-state index in [1.807, 2.05) is 13.8 Å². The van der Waals surface area contributed by atoms with Crippen LogP contribution in [0.5, 0.6) is 0 Å². The number of anilines is 1. The first-order valence-electron chi connectivity index (χ1n) is 9.71. The van der Waals surface area contributed by atoms with Crippen molar-refractivity contribution in [2.75, 3.05) is 11.9 Å². The predicted molar refractivity (Wildman–Crippen MR) is 107 cm³/mol. The van der Waals surface area contributed by atoms with Crippen LogP contribution in [-0.2, 0) is 12.8 Å². The summed E-state index contributed by atoms with van der Waals surface area (Å²) in [7, 11) is 0. The molecule has 0 amide bonds. The van der Waals surface area contributed by atoms with Crippen LogP contribution in [-0.4, -0.2) is 6.54 Å². The fourth-order valence-corrected chi connectivity index (χ4v) is 3.47. The Hall–Kier alpha value is -1.76. The summed E-state index contributed by atoms with van der Waals surface area (Å²) in [4.78, 5) is 0. The SMILES string of the molecule is CC.CCCCc1cc(Cc2ccccc2)cc2c1NCCC2C. The maximum atomic E-state index is 3.66. The first-order chi connectivity index (χ1) is 11.8. The van der Waals surface area contributed by atoms with Crippen molar-refractivity contribution in [3.8, 4) is 0 Å². The van der Waals surface area contributed by atoms with Crippen LogP contribution in [0.4, 0.5) is 5.69 Å². The van der Waals surface area contributed by atoms with Crippen LogP contribution in [0.15, 0.2) is 42.5 Å². The highest BCUT2D eigenvalue weighted by atomic mass is 14.9. The van der Waals surface area contributed by atoms with Gasteiger partial charge in [-0.05, 0) is 53.9 Å². The van der Waals surface area contributed by atoms with Crippen molar-refractivity contribution in [1.29, 1.82) is 0 Å². The summed E-state index contributed by atoms with van der Waals surface area (Å²) in [5.41, 5.74) is 7.36. The van der Waals surface area contributed by atoms with Crippen LogP contribution in [0.2, 0.25) is 0 Å². The fourth-order valence-electron chi connectivity index (χ4n) is 3.47. The third kappa shape index (κ3) is 4.63. The summed E-state index contributed by atoms with van der Waals surface area (Å²) in [6.07, 6.45) is 6.01. The summed E-state index contributed by atoms with van der Waals surface area (Å²) in [5, 5.41) is 3.66. The van der Waals surface area contributed by atoms with Gasteiger partial charge in [0, 0.05) is 12.2 Å². The Balaban J connectivity index is 0.00000100. The van der Waals surface area contributed by atoms with Crippen LogP contribution < -0.4 is 5.32 Å². The zero-order valence-electron chi connectivity index (χ0n) is 15.9. The van der Waals surface area contributed by atoms with Crippen molar-refractivity contribution in [2.45, 2.75) is 65.7 Å². The summed E-state index contributed by atoms with van der Waals surface area (Å²) in [6.45, 7) is 9.76. The molecule has 0 aromatic heterocycles. The number of nitrogens with one attached hydrogen (secondary N) is 1. The van der Waals surface area contributed by atoms with Crippen molar-refractivity contribution in [1.82, 2.24) is 0 Å². The Morgan fingerprint density at radius 2 is 1.79 bits per heavy atom. The smallest absolute Gasteiger partial charge is 0.0408 e. The van der Waals surface area contributed by atoms with Crippen molar-refractivity contribution in [3.63, 3.8) is 0 Å². The van der Waals surface area contributed by atoms with E-state index in [-0.39, 0.29) is 0 Å². The Labute approximate surface area is 148 Å². The van der Waals surface area contributed by atoms with Gasteiger partial charge in [0.15, 0.2) is 0 Å². The maximum absolute atomic E-state index is 3.66. The minimum Gasteiger partial charge on any atom is -0.385 e. The highest BCUT2D eigenvalue weighted by Crippen LogP contribution is 2.36. The van der Waals surface area contributed by atoms with Gasteiger partial charge in [-0.1, -0.05) is 76.6 Å². The normalized spacial score (nSPS) is 15.8. The lowest BCUT2D eigenvalue weighted by Gasteiger charge is -2.27. The molecule has 0 aliphatic carbocycles. The quantitative estimate of drug-likeness (QED) is 0.656. The zero-order valence-corrected chi connectivity index (χ0v) is 15.9. The topological polar surface area (TPSA) is 12.0 Å². The monoisotopic (exact) mass is 323 g/mol. The number of benzene rings is 2. The molecule has 3 rings (SSSR count). The van der Waals surface area contributed by atoms with E-state index in [4.69, 9.17) is 0 Å². The second-order valence-electron chi connectivity index (χ2n) is 6.60. The molecule has 0 radical (unpaired) electrons. The summed E-state index contributed by atoms with van der Waals surface area (Å²) < 4.78 is 0. The second-order valence-corrected chi connectivity index (χ2v) is 6.60. The molecule has 24 heavy (non-hydrogen) atoms. The van der Waals surface area contributed by atoms with Crippen LogP contribution in [0.1, 0.15) is 75.1 Å². The van der Waals surface area contributed by atoms with Crippen molar-refractivity contribution < 1.29 is 0 Å². The Kier molecular flexibility index (Phi) is 7.36. The Morgan fingerprint density at radius 3 is 2.50 bits per heavy atom. The second kappa shape index (κ2) is 9.52. The van der Waals surface area contributed by atoms with Gasteiger partial charge in [0.05, 0.1) is 0 Å². The van der Waals surface area contributed by atoms with E-state index in [2.05, 4.69) is 61.6 Å². The van der Waals surface area contributed by atoms with E-state index >= 15 is 0 Å². The first-order valence-corrected chi connectivity index (χ1v) is 9.71. The van der Waals surface area contributed by atoms with E-state index in [0.717, 1.165) is 13.0 Å². The van der Waals surface area contributed by atoms with Gasteiger partial charge in [-0.15, -0.1) is 0 Å². The number of aryl methyl sites for hydroxylation is 1. The highest BCUT2D eigenvalue weighted by Gasteiger charge is 2.19. The minimum absolute atomic E-state index is 0.673. The van der Waals surface area contributed by atoms with Gasteiger partial charge in [0.25, 0.3) is 0 Å². The average molecular weight is 324 g/mol. The van der Waals surface area contributed by atoms with Gasteiger partial charge in [-0.2, -0.15) is 0 Å². The molecule has 0 saturated heterocycles. The predicted octanol–water partition coefficient (Wildman–Crippen LogP) is 6.57. The molecule has 1 aliphatic heterocycles. The van der Waals surface area contributed by atoms with Gasteiger partial charge < -0.3 is 5.32 Å². The molecule has 1 nitrogen and oxygen atoms in total. The molecule has 1 unspecified atom stereocenters. The average Bonchev–Trinajstić information content (AvgIpc) is 2.63. The minimum atomic E-state index is 0.673. The zero-order chi connectivity index (χ0) is 17.4. The largest absolute Gasteiger partial charge is 0.385 e. The molecule has 0 spiro atoms. The third-order valence-corrected chi connectivity index (χ3v) is 4.77. The van der Waals surface area contributed by atoms with Crippen molar-refractivity contribution in [2.24, 2.45) is 0 Å². The Bertz CT molecular complexity index is 615. The molecule has 0 saturated carbocycles. The lowest BCUT2D eigenvalue weighted by atomic mass is 9.86. The van der Waals surface area contributed by atoms with Crippen molar-refractivity contribution in [3.05, 3.63) is 64.7 Å². The molecule has 1 N–H and O–H groups in total. The van der Waals surface area contributed by atoms with Gasteiger partial charge in [-0.3, -0.25) is 0 Å². The van der Waals surface area contributed by atoms with Crippen molar-refractivity contribution >= 4 is 5.69 Å². The van der Waals surface area contributed by atoms with Gasteiger partial charge in [-0.25, -0.2) is 0 Å². The molecule has 130 valence electrons. The van der Waals surface area contributed by atoms with Crippen LogP contribution in [0, 0.1) is 0 Å². The van der Waals surface area contributed by atoms with E-state index in [0.29, 0.717) is 5.92 Å². The number of rotatable bonds is 5. The molecule has 1 heteroatoms. The maximum Gasteiger partial charge on any atom is 0.0408 e. The summed E-state index contributed by atoms with van der Waals surface area (Å²) in [6, 6.07) is 15.7. The number of hydrogen-bond acceptors (Lipinski definition) is 1. The Morgan fingerprint density at radius 1 is 1.04 bits per heavy atom. The van der Waals surface area contributed by atoms with Crippen LogP contribution >= 0.6 is 0 Å². The standard InChI is InChI=1S/C21H27N.C2H6/c1-3-4-10-19-14-18(13-17-8-6-5-7-9-17)15-20-16(2)11-12-22-21(19)20;1-2/h5-9,14-16,22H,3-4,10-13H2,1-2H3;1-2H3. The van der Waals surface area contributed by atoms with Gasteiger partial charge >= 0.3 is 0 Å². The van der Waals surface area contributed by atoms with E-state index in [1.165, 1.54) is 53.6 Å².